The number of hydrogen-bond donors (Lipinski definition) is 1. The highest BCUT2D eigenvalue weighted by Crippen LogP contribution is 2.17. The van der Waals surface area contributed by atoms with Gasteiger partial charge in [0.2, 0.25) is 0 Å². The zero-order chi connectivity index (χ0) is 12.7. The third-order valence-corrected chi connectivity index (χ3v) is 1.93. The molecule has 92 valence electrons. The lowest BCUT2D eigenvalue weighted by atomic mass is 10.1. The summed E-state index contributed by atoms with van der Waals surface area (Å²) < 4.78 is 23.1. The molecular weight excluding hydrogens is 227 g/mol. The molecule has 0 aliphatic heterocycles. The minimum absolute atomic E-state index is 0.115. The summed E-state index contributed by atoms with van der Waals surface area (Å²) in [4.78, 5) is 11.2. The normalized spacial score (nSPS) is 10.5. The van der Waals surface area contributed by atoms with Gasteiger partial charge in [0, 0.05) is 6.07 Å². The maximum absolute atomic E-state index is 13.5. The van der Waals surface area contributed by atoms with Crippen LogP contribution in [0.25, 0.3) is 0 Å². The van der Waals surface area contributed by atoms with Gasteiger partial charge in [-0.1, -0.05) is 6.07 Å². The van der Waals surface area contributed by atoms with Crippen LogP contribution in [0.3, 0.4) is 0 Å². The lowest BCUT2D eigenvalue weighted by molar-refractivity contribution is -0.142. The zero-order valence-corrected chi connectivity index (χ0v) is 9.35. The summed E-state index contributed by atoms with van der Waals surface area (Å²) in [5, 5.41) is 8.37. The van der Waals surface area contributed by atoms with Crippen LogP contribution in [-0.4, -0.2) is 17.7 Å². The van der Waals surface area contributed by atoms with Crippen molar-refractivity contribution < 1.29 is 23.8 Å². The van der Waals surface area contributed by atoms with Crippen LogP contribution in [0, 0.1) is 5.82 Å². The van der Waals surface area contributed by atoms with E-state index in [1.54, 1.807) is 6.92 Å². The molecule has 0 spiro atoms. The van der Waals surface area contributed by atoms with Gasteiger partial charge in [-0.05, 0) is 18.6 Å². The van der Waals surface area contributed by atoms with Crippen molar-refractivity contribution in [3.05, 3.63) is 42.1 Å². The Bertz CT molecular complexity index is 415. The molecule has 0 radical (unpaired) electrons. The molecule has 0 unspecified atom stereocenters. The number of carbonyl (C=O) groups excluding carboxylic acids is 1. The molecule has 0 atom stereocenters. The van der Waals surface area contributed by atoms with Crippen LogP contribution in [0.4, 0.5) is 4.39 Å². The fourth-order valence-electron chi connectivity index (χ4n) is 1.22. The molecule has 0 saturated heterocycles. The topological polar surface area (TPSA) is 55.8 Å². The number of esters is 1. The van der Waals surface area contributed by atoms with E-state index in [2.05, 4.69) is 0 Å². The van der Waals surface area contributed by atoms with Gasteiger partial charge >= 0.3 is 5.97 Å². The van der Waals surface area contributed by atoms with E-state index in [1.807, 2.05) is 0 Å². The van der Waals surface area contributed by atoms with Crippen LogP contribution in [0.15, 0.2) is 30.7 Å². The second-order valence-corrected chi connectivity index (χ2v) is 3.14. The predicted octanol–water partition coefficient (Wildman–Crippen LogP) is 2.34. The average Bonchev–Trinajstić information content (AvgIpc) is 2.30. The Morgan fingerprint density at radius 3 is 2.88 bits per heavy atom. The number of aliphatic hydroxyl groups is 1. The molecule has 0 bridgehead atoms. The van der Waals surface area contributed by atoms with E-state index >= 15 is 0 Å². The van der Waals surface area contributed by atoms with Gasteiger partial charge in [0.05, 0.1) is 13.0 Å². The molecule has 1 aromatic carbocycles. The van der Waals surface area contributed by atoms with Crippen LogP contribution in [0.5, 0.6) is 5.75 Å². The SMILES string of the molecule is CCOC(=O)Cc1ccc(OC=CO)cc1F. The summed E-state index contributed by atoms with van der Waals surface area (Å²) in [6, 6.07) is 4.07. The van der Waals surface area contributed by atoms with Crippen LogP contribution in [-0.2, 0) is 16.0 Å². The summed E-state index contributed by atoms with van der Waals surface area (Å²) in [6.07, 6.45) is 1.60. The molecule has 1 N–H and O–H groups in total. The first-order valence-corrected chi connectivity index (χ1v) is 5.07. The van der Waals surface area contributed by atoms with Crippen molar-refractivity contribution in [2.75, 3.05) is 6.61 Å². The van der Waals surface area contributed by atoms with Gasteiger partial charge in [-0.3, -0.25) is 4.79 Å². The van der Waals surface area contributed by atoms with Crippen molar-refractivity contribution in [2.24, 2.45) is 0 Å². The molecule has 0 fully saturated rings. The van der Waals surface area contributed by atoms with E-state index in [1.165, 1.54) is 12.1 Å². The van der Waals surface area contributed by atoms with Crippen molar-refractivity contribution in [2.45, 2.75) is 13.3 Å². The first kappa shape index (κ1) is 13.0. The van der Waals surface area contributed by atoms with E-state index in [4.69, 9.17) is 14.6 Å². The molecule has 4 nitrogen and oxygen atoms in total. The Kier molecular flexibility index (Phi) is 5.00. The molecular formula is C12H13FO4. The Hall–Kier alpha value is -2.04. The molecule has 0 aliphatic rings. The second kappa shape index (κ2) is 6.52. The molecule has 1 rings (SSSR count). The highest BCUT2D eigenvalue weighted by atomic mass is 19.1. The van der Waals surface area contributed by atoms with Crippen LogP contribution < -0.4 is 4.74 Å². The number of benzene rings is 1. The molecule has 0 amide bonds. The number of hydrogen-bond acceptors (Lipinski definition) is 4. The van der Waals surface area contributed by atoms with Crippen LogP contribution in [0.2, 0.25) is 0 Å². The van der Waals surface area contributed by atoms with Crippen molar-refractivity contribution in [1.82, 2.24) is 0 Å². The highest BCUT2D eigenvalue weighted by Gasteiger charge is 2.09. The number of halogens is 1. The quantitative estimate of drug-likeness (QED) is 0.634. The monoisotopic (exact) mass is 240 g/mol. The molecule has 0 aliphatic carbocycles. The maximum Gasteiger partial charge on any atom is 0.310 e. The number of aliphatic hydroxyl groups excluding tert-OH is 1. The summed E-state index contributed by atoms with van der Waals surface area (Å²) >= 11 is 0. The minimum Gasteiger partial charge on any atom is -0.512 e. The van der Waals surface area contributed by atoms with Crippen molar-refractivity contribution in [3.8, 4) is 5.75 Å². The van der Waals surface area contributed by atoms with Gasteiger partial charge in [0.1, 0.15) is 24.1 Å². The molecule has 0 aromatic heterocycles. The Labute approximate surface area is 98.3 Å². The van der Waals surface area contributed by atoms with Gasteiger partial charge in [0.25, 0.3) is 0 Å². The standard InChI is InChI=1S/C12H13FO4/c1-2-16-12(15)7-9-3-4-10(8-11(9)13)17-6-5-14/h3-6,8,14H,2,7H2,1H3. The zero-order valence-electron chi connectivity index (χ0n) is 9.35. The lowest BCUT2D eigenvalue weighted by Gasteiger charge is -2.05. The summed E-state index contributed by atoms with van der Waals surface area (Å²) in [6.45, 7) is 1.95. The second-order valence-electron chi connectivity index (χ2n) is 3.14. The van der Waals surface area contributed by atoms with Gasteiger partial charge in [-0.2, -0.15) is 0 Å². The molecule has 0 saturated carbocycles. The number of carbonyl (C=O) groups is 1. The van der Waals surface area contributed by atoms with E-state index in [0.29, 0.717) is 6.26 Å². The molecule has 1 aromatic rings. The van der Waals surface area contributed by atoms with Crippen molar-refractivity contribution in [1.29, 1.82) is 0 Å². The third-order valence-electron chi connectivity index (χ3n) is 1.93. The first-order valence-electron chi connectivity index (χ1n) is 5.07. The Morgan fingerprint density at radius 1 is 1.53 bits per heavy atom. The molecule has 5 heteroatoms. The average molecular weight is 240 g/mol. The summed E-state index contributed by atoms with van der Waals surface area (Å²) in [5.74, 6) is -0.794. The maximum atomic E-state index is 13.5. The minimum atomic E-state index is -0.554. The smallest absolute Gasteiger partial charge is 0.310 e. The predicted molar refractivity (Wildman–Crippen MR) is 59.1 cm³/mol. The molecule has 0 heterocycles. The van der Waals surface area contributed by atoms with Crippen molar-refractivity contribution in [3.63, 3.8) is 0 Å². The van der Waals surface area contributed by atoms with Gasteiger partial charge in [0.15, 0.2) is 0 Å². The third kappa shape index (κ3) is 4.14. The van der Waals surface area contributed by atoms with Gasteiger partial charge in [-0.25, -0.2) is 4.39 Å². The first-order chi connectivity index (χ1) is 8.17. The van der Waals surface area contributed by atoms with Gasteiger partial charge in [-0.15, -0.1) is 0 Å². The fourth-order valence-corrected chi connectivity index (χ4v) is 1.22. The Morgan fingerprint density at radius 2 is 2.29 bits per heavy atom. The molecule has 17 heavy (non-hydrogen) atoms. The number of rotatable bonds is 5. The van der Waals surface area contributed by atoms with Crippen molar-refractivity contribution >= 4 is 5.97 Å². The van der Waals surface area contributed by atoms with Gasteiger partial charge < -0.3 is 14.6 Å². The van der Waals surface area contributed by atoms with E-state index in [9.17, 15) is 9.18 Å². The van der Waals surface area contributed by atoms with Crippen LogP contribution in [0.1, 0.15) is 12.5 Å². The fraction of sp³-hybridized carbons (Fsp3) is 0.250. The van der Waals surface area contributed by atoms with E-state index in [0.717, 1.165) is 12.3 Å². The Balaban J connectivity index is 2.72. The lowest BCUT2D eigenvalue weighted by Crippen LogP contribution is -2.08. The largest absolute Gasteiger partial charge is 0.512 e. The highest BCUT2D eigenvalue weighted by molar-refractivity contribution is 5.72. The summed E-state index contributed by atoms with van der Waals surface area (Å²) in [5.41, 5.74) is 0.240. The van der Waals surface area contributed by atoms with Crippen LogP contribution >= 0.6 is 0 Å². The van der Waals surface area contributed by atoms with E-state index < -0.39 is 11.8 Å². The summed E-state index contributed by atoms with van der Waals surface area (Å²) in [7, 11) is 0. The number of ether oxygens (including phenoxy) is 2. The van der Waals surface area contributed by atoms with E-state index in [-0.39, 0.29) is 24.3 Å².